The number of para-hydroxylation sites is 1. The van der Waals surface area contributed by atoms with E-state index in [1.54, 1.807) is 59.5 Å². The number of anilines is 2. The summed E-state index contributed by atoms with van der Waals surface area (Å²) in [6.07, 6.45) is -0.699. The highest BCUT2D eigenvalue weighted by Gasteiger charge is 2.25. The van der Waals surface area contributed by atoms with Crippen LogP contribution in [0.15, 0.2) is 72.8 Å². The van der Waals surface area contributed by atoms with Crippen LogP contribution >= 0.6 is 0 Å². The van der Waals surface area contributed by atoms with Gasteiger partial charge in [-0.05, 0) is 42.8 Å². The fraction of sp³-hybridized carbons (Fsp3) is 0.290. The Bertz CT molecular complexity index is 1400. The van der Waals surface area contributed by atoms with Crippen LogP contribution in [0.25, 0.3) is 0 Å². The maximum atomic E-state index is 13.4. The van der Waals surface area contributed by atoms with Crippen LogP contribution in [0.3, 0.4) is 0 Å². The molecule has 1 unspecified atom stereocenters. The molecule has 0 spiro atoms. The number of amides is 3. The van der Waals surface area contributed by atoms with Gasteiger partial charge in [-0.1, -0.05) is 48.0 Å². The molecule has 1 atom stereocenters. The molecule has 1 fully saturated rings. The van der Waals surface area contributed by atoms with Crippen LogP contribution < -0.4 is 20.3 Å². The number of carboxylic acids is 1. The fourth-order valence-electron chi connectivity index (χ4n) is 4.63. The minimum atomic E-state index is -1.05. The van der Waals surface area contributed by atoms with Gasteiger partial charge >= 0.3 is 12.1 Å². The SMILES string of the molecule is COC(=O)N1CCN(c2ccc(C(=O)NC(CC(=O)O)c3ccc(C)cc3)cc2NC(=O)COc2ccccc2)CC1. The number of aryl methyl sites for hydroxylation is 1. The maximum Gasteiger partial charge on any atom is 0.409 e. The molecule has 11 nitrogen and oxygen atoms in total. The lowest BCUT2D eigenvalue weighted by molar-refractivity contribution is -0.137. The third-order valence-electron chi connectivity index (χ3n) is 6.86. The summed E-state index contributed by atoms with van der Waals surface area (Å²) in [6.45, 7) is 3.49. The molecular weight excluding hydrogens is 540 g/mol. The molecule has 3 aromatic rings. The van der Waals surface area contributed by atoms with Gasteiger partial charge in [0.05, 0.1) is 30.9 Å². The van der Waals surface area contributed by atoms with E-state index in [0.717, 1.165) is 5.56 Å². The zero-order chi connectivity index (χ0) is 30.1. The first kappa shape index (κ1) is 29.9. The van der Waals surface area contributed by atoms with Gasteiger partial charge in [0.25, 0.3) is 11.8 Å². The fourth-order valence-corrected chi connectivity index (χ4v) is 4.63. The summed E-state index contributed by atoms with van der Waals surface area (Å²) >= 11 is 0. The van der Waals surface area contributed by atoms with E-state index in [1.165, 1.54) is 7.11 Å². The molecule has 1 aliphatic heterocycles. The van der Waals surface area contributed by atoms with Gasteiger partial charge in [-0.3, -0.25) is 14.4 Å². The molecule has 1 saturated heterocycles. The van der Waals surface area contributed by atoms with Crippen molar-refractivity contribution in [3.63, 3.8) is 0 Å². The lowest BCUT2D eigenvalue weighted by Gasteiger charge is -2.36. The van der Waals surface area contributed by atoms with Crippen molar-refractivity contribution in [3.05, 3.63) is 89.5 Å². The number of methoxy groups -OCH3 is 1. The van der Waals surface area contributed by atoms with Crippen molar-refractivity contribution in [2.24, 2.45) is 0 Å². The van der Waals surface area contributed by atoms with E-state index in [-0.39, 0.29) is 18.6 Å². The van der Waals surface area contributed by atoms with Crippen LogP contribution in [0.2, 0.25) is 0 Å². The Hall–Kier alpha value is -5.06. The Morgan fingerprint density at radius 3 is 2.26 bits per heavy atom. The molecule has 3 amide bonds. The third-order valence-corrected chi connectivity index (χ3v) is 6.86. The normalized spacial score (nSPS) is 13.6. The van der Waals surface area contributed by atoms with E-state index in [1.807, 2.05) is 30.0 Å². The molecule has 1 heterocycles. The summed E-state index contributed by atoms with van der Waals surface area (Å²) in [5.74, 6) is -1.41. The second-order valence-electron chi connectivity index (χ2n) is 9.86. The summed E-state index contributed by atoms with van der Waals surface area (Å²) in [5, 5.41) is 15.1. The van der Waals surface area contributed by atoms with Crippen molar-refractivity contribution in [2.75, 3.05) is 50.1 Å². The average molecular weight is 575 g/mol. The van der Waals surface area contributed by atoms with E-state index in [2.05, 4.69) is 10.6 Å². The topological polar surface area (TPSA) is 138 Å². The quantitative estimate of drug-likeness (QED) is 0.332. The monoisotopic (exact) mass is 574 g/mol. The molecule has 0 bridgehead atoms. The molecule has 0 saturated carbocycles. The minimum absolute atomic E-state index is 0.244. The highest BCUT2D eigenvalue weighted by atomic mass is 16.5. The summed E-state index contributed by atoms with van der Waals surface area (Å²) in [7, 11) is 1.34. The van der Waals surface area contributed by atoms with E-state index in [0.29, 0.717) is 48.9 Å². The van der Waals surface area contributed by atoms with Gasteiger partial charge in [-0.15, -0.1) is 0 Å². The van der Waals surface area contributed by atoms with Gasteiger partial charge in [-0.2, -0.15) is 0 Å². The number of carbonyl (C=O) groups is 4. The Balaban J connectivity index is 1.55. The molecule has 1 aliphatic rings. The molecule has 0 aromatic heterocycles. The molecule has 42 heavy (non-hydrogen) atoms. The number of carbonyl (C=O) groups excluding carboxylic acids is 3. The first-order valence-corrected chi connectivity index (χ1v) is 13.5. The van der Waals surface area contributed by atoms with Crippen LogP contribution in [0.5, 0.6) is 5.75 Å². The zero-order valence-electron chi connectivity index (χ0n) is 23.5. The predicted octanol–water partition coefficient (Wildman–Crippen LogP) is 3.85. The number of benzene rings is 3. The third kappa shape index (κ3) is 8.00. The van der Waals surface area contributed by atoms with Crippen molar-refractivity contribution < 1.29 is 33.8 Å². The highest BCUT2D eigenvalue weighted by Crippen LogP contribution is 2.29. The lowest BCUT2D eigenvalue weighted by Crippen LogP contribution is -2.49. The van der Waals surface area contributed by atoms with E-state index in [4.69, 9.17) is 9.47 Å². The van der Waals surface area contributed by atoms with Gasteiger partial charge in [0.2, 0.25) is 0 Å². The van der Waals surface area contributed by atoms with Gasteiger partial charge in [0.1, 0.15) is 5.75 Å². The first-order chi connectivity index (χ1) is 20.2. The average Bonchev–Trinajstić information content (AvgIpc) is 3.00. The smallest absolute Gasteiger partial charge is 0.409 e. The number of nitrogens with zero attached hydrogens (tertiary/aromatic N) is 2. The summed E-state index contributed by atoms with van der Waals surface area (Å²) < 4.78 is 10.4. The molecule has 4 rings (SSSR count). The van der Waals surface area contributed by atoms with Crippen molar-refractivity contribution in [3.8, 4) is 5.75 Å². The van der Waals surface area contributed by atoms with Crippen molar-refractivity contribution in [1.82, 2.24) is 10.2 Å². The van der Waals surface area contributed by atoms with Crippen LogP contribution in [-0.4, -0.2) is 73.8 Å². The maximum absolute atomic E-state index is 13.4. The molecule has 220 valence electrons. The van der Waals surface area contributed by atoms with Crippen LogP contribution in [0, 0.1) is 6.92 Å². The lowest BCUT2D eigenvalue weighted by atomic mass is 10.0. The summed E-state index contributed by atoms with van der Waals surface area (Å²) in [4.78, 5) is 53.4. The highest BCUT2D eigenvalue weighted by molar-refractivity contribution is 6.00. The number of nitrogens with one attached hydrogen (secondary N) is 2. The number of hydrogen-bond donors (Lipinski definition) is 3. The number of aliphatic carboxylic acids is 1. The van der Waals surface area contributed by atoms with Crippen LogP contribution in [0.4, 0.5) is 16.2 Å². The van der Waals surface area contributed by atoms with Gasteiger partial charge < -0.3 is 35.0 Å². The van der Waals surface area contributed by atoms with Crippen molar-refractivity contribution >= 4 is 35.3 Å². The van der Waals surface area contributed by atoms with Crippen LogP contribution in [0.1, 0.15) is 33.9 Å². The van der Waals surface area contributed by atoms with Gasteiger partial charge in [-0.25, -0.2) is 4.79 Å². The molecule has 0 aliphatic carbocycles. The number of hydrogen-bond acceptors (Lipinski definition) is 7. The largest absolute Gasteiger partial charge is 0.484 e. The molecular formula is C31H34N4O7. The van der Waals surface area contributed by atoms with Crippen molar-refractivity contribution in [1.29, 1.82) is 0 Å². The van der Waals surface area contributed by atoms with E-state index >= 15 is 0 Å². The van der Waals surface area contributed by atoms with E-state index in [9.17, 15) is 24.3 Å². The Labute approximate surface area is 244 Å². The number of rotatable bonds is 10. The predicted molar refractivity (Wildman–Crippen MR) is 157 cm³/mol. The van der Waals surface area contributed by atoms with Crippen molar-refractivity contribution in [2.45, 2.75) is 19.4 Å². The summed E-state index contributed by atoms with van der Waals surface area (Å²) in [6, 6.07) is 20.4. The molecule has 0 radical (unpaired) electrons. The Kier molecular flexibility index (Phi) is 9.99. The molecule has 3 aromatic carbocycles. The molecule has 3 N–H and O–H groups in total. The molecule has 11 heteroatoms. The van der Waals surface area contributed by atoms with Gasteiger partial charge in [0, 0.05) is 31.7 Å². The Morgan fingerprint density at radius 2 is 1.62 bits per heavy atom. The standard InChI is InChI=1S/C31H34N4O7/c1-21-8-10-22(11-9-21)25(19-29(37)38)33-30(39)23-12-13-27(34-14-16-35(17-15-34)31(40)41-2)26(18-23)32-28(36)20-42-24-6-4-3-5-7-24/h3-13,18,25H,14-17,19-20H2,1-2H3,(H,32,36)(H,33,39)(H,37,38). The minimum Gasteiger partial charge on any atom is -0.484 e. The zero-order valence-corrected chi connectivity index (χ0v) is 23.5. The second-order valence-corrected chi connectivity index (χ2v) is 9.86. The number of piperazine rings is 1. The second kappa shape index (κ2) is 14.0. The van der Waals surface area contributed by atoms with Gasteiger partial charge in [0.15, 0.2) is 6.61 Å². The summed E-state index contributed by atoms with van der Waals surface area (Å²) in [5.41, 5.74) is 2.99. The number of carboxylic acid groups (broad SMARTS) is 1. The Morgan fingerprint density at radius 1 is 0.929 bits per heavy atom. The van der Waals surface area contributed by atoms with Crippen LogP contribution in [-0.2, 0) is 14.3 Å². The first-order valence-electron chi connectivity index (χ1n) is 13.5. The van der Waals surface area contributed by atoms with E-state index < -0.39 is 29.9 Å². The number of ether oxygens (including phenoxy) is 2.